The van der Waals surface area contributed by atoms with Gasteiger partial charge < -0.3 is 10.2 Å². The number of nitrogens with one attached hydrogen (secondary N) is 1. The minimum atomic E-state index is 0.233. The van der Waals surface area contributed by atoms with Crippen LogP contribution in [-0.4, -0.2) is 41.4 Å². The molecular formula is C15H24N2OS2. The van der Waals surface area contributed by atoms with Gasteiger partial charge in [-0.3, -0.25) is 4.79 Å². The second-order valence-corrected chi connectivity index (χ2v) is 7.60. The van der Waals surface area contributed by atoms with Crippen LogP contribution in [0.3, 0.4) is 0 Å². The summed E-state index contributed by atoms with van der Waals surface area (Å²) in [7, 11) is 0. The van der Waals surface area contributed by atoms with E-state index < -0.39 is 0 Å². The second-order valence-electron chi connectivity index (χ2n) is 5.20. The summed E-state index contributed by atoms with van der Waals surface area (Å²) in [6.07, 6.45) is 2.14. The molecule has 0 fully saturated rings. The van der Waals surface area contributed by atoms with Crippen LogP contribution in [0.15, 0.2) is 11.4 Å². The van der Waals surface area contributed by atoms with E-state index in [2.05, 4.69) is 30.6 Å². The first-order valence-corrected chi connectivity index (χ1v) is 9.38. The average molecular weight is 313 g/mol. The second kappa shape index (κ2) is 8.05. The van der Waals surface area contributed by atoms with Crippen molar-refractivity contribution in [3.63, 3.8) is 0 Å². The molecule has 1 unspecified atom stereocenters. The molecule has 1 aliphatic rings. The lowest BCUT2D eigenvalue weighted by atomic mass is 10.1. The maximum Gasteiger partial charge on any atom is 0.236 e. The van der Waals surface area contributed by atoms with Gasteiger partial charge in [0.1, 0.15) is 0 Å². The van der Waals surface area contributed by atoms with E-state index in [1.54, 1.807) is 0 Å². The Morgan fingerprint density at radius 3 is 3.25 bits per heavy atom. The molecule has 0 aliphatic carbocycles. The lowest BCUT2D eigenvalue weighted by molar-refractivity contribution is -0.131. The van der Waals surface area contributed by atoms with E-state index in [9.17, 15) is 4.79 Å². The maximum atomic E-state index is 12.2. The van der Waals surface area contributed by atoms with Gasteiger partial charge in [0.15, 0.2) is 0 Å². The molecule has 1 aromatic heterocycles. The van der Waals surface area contributed by atoms with Crippen LogP contribution in [-0.2, 0) is 17.8 Å². The molecule has 112 valence electrons. The predicted octanol–water partition coefficient (Wildman–Crippen LogP) is 2.75. The largest absolute Gasteiger partial charge is 0.337 e. The lowest BCUT2D eigenvalue weighted by Crippen LogP contribution is -2.43. The summed E-state index contributed by atoms with van der Waals surface area (Å²) in [5.41, 5.74) is 1.34. The SMILES string of the molecule is CCSCCC(C)NCC(=O)N1CCc2sccc2C1. The molecule has 0 saturated carbocycles. The van der Waals surface area contributed by atoms with E-state index in [1.807, 2.05) is 28.0 Å². The fourth-order valence-corrected chi connectivity index (χ4v) is 4.04. The Kier molecular flexibility index (Phi) is 6.39. The predicted molar refractivity (Wildman–Crippen MR) is 88.5 cm³/mol. The molecule has 2 heterocycles. The molecule has 1 aromatic rings. The molecule has 1 amide bonds. The molecule has 1 atom stereocenters. The zero-order valence-electron chi connectivity index (χ0n) is 12.4. The summed E-state index contributed by atoms with van der Waals surface area (Å²) >= 11 is 3.77. The Labute approximate surface area is 130 Å². The van der Waals surface area contributed by atoms with E-state index in [1.165, 1.54) is 21.9 Å². The van der Waals surface area contributed by atoms with Gasteiger partial charge in [0.2, 0.25) is 5.91 Å². The van der Waals surface area contributed by atoms with Crippen LogP contribution in [0.1, 0.15) is 30.7 Å². The highest BCUT2D eigenvalue weighted by molar-refractivity contribution is 7.99. The molecule has 1 aliphatic heterocycles. The number of thioether (sulfide) groups is 1. The van der Waals surface area contributed by atoms with Crippen LogP contribution in [0.2, 0.25) is 0 Å². The molecule has 3 nitrogen and oxygen atoms in total. The molecule has 5 heteroatoms. The molecule has 0 bridgehead atoms. The summed E-state index contributed by atoms with van der Waals surface area (Å²) in [5.74, 6) is 2.57. The van der Waals surface area contributed by atoms with Crippen LogP contribution >= 0.6 is 23.1 Å². The van der Waals surface area contributed by atoms with Crippen molar-refractivity contribution < 1.29 is 4.79 Å². The number of fused-ring (bicyclic) bond motifs is 1. The quantitative estimate of drug-likeness (QED) is 0.786. The van der Waals surface area contributed by atoms with E-state index in [4.69, 9.17) is 0 Å². The number of nitrogens with zero attached hydrogens (tertiary/aromatic N) is 1. The van der Waals surface area contributed by atoms with Crippen molar-refractivity contribution >= 4 is 29.0 Å². The highest BCUT2D eigenvalue weighted by Crippen LogP contribution is 2.23. The zero-order valence-corrected chi connectivity index (χ0v) is 14.0. The average Bonchev–Trinajstić information content (AvgIpc) is 2.92. The van der Waals surface area contributed by atoms with Gasteiger partial charge >= 0.3 is 0 Å². The highest BCUT2D eigenvalue weighted by Gasteiger charge is 2.21. The van der Waals surface area contributed by atoms with Crippen LogP contribution in [0.4, 0.5) is 0 Å². The van der Waals surface area contributed by atoms with E-state index >= 15 is 0 Å². The Morgan fingerprint density at radius 1 is 1.60 bits per heavy atom. The minimum Gasteiger partial charge on any atom is -0.337 e. The normalized spacial score (nSPS) is 16.0. The number of hydrogen-bond acceptors (Lipinski definition) is 4. The topological polar surface area (TPSA) is 32.3 Å². The highest BCUT2D eigenvalue weighted by atomic mass is 32.2. The summed E-state index contributed by atoms with van der Waals surface area (Å²) in [6.45, 7) is 6.48. The Hall–Kier alpha value is -0.520. The monoisotopic (exact) mass is 312 g/mol. The van der Waals surface area contributed by atoms with Gasteiger partial charge in [0.25, 0.3) is 0 Å². The molecule has 2 rings (SSSR count). The Morgan fingerprint density at radius 2 is 2.45 bits per heavy atom. The van der Waals surface area contributed by atoms with Crippen molar-refractivity contribution in [1.82, 2.24) is 10.2 Å². The van der Waals surface area contributed by atoms with Gasteiger partial charge in [0.05, 0.1) is 6.54 Å². The molecule has 0 saturated heterocycles. The van der Waals surface area contributed by atoms with Crippen LogP contribution in [0, 0.1) is 0 Å². The smallest absolute Gasteiger partial charge is 0.236 e. The number of amides is 1. The van der Waals surface area contributed by atoms with Gasteiger partial charge in [-0.25, -0.2) is 0 Å². The lowest BCUT2D eigenvalue weighted by Gasteiger charge is -2.27. The standard InChI is InChI=1S/C15H24N2OS2/c1-3-19-8-5-12(2)16-10-15(18)17-7-4-14-13(11-17)6-9-20-14/h6,9,12,16H,3-5,7-8,10-11H2,1-2H3. The van der Waals surface area contributed by atoms with Crippen molar-refractivity contribution in [2.24, 2.45) is 0 Å². The van der Waals surface area contributed by atoms with Crippen LogP contribution in [0.5, 0.6) is 0 Å². The summed E-state index contributed by atoms with van der Waals surface area (Å²) in [5, 5.41) is 5.48. The fourth-order valence-electron chi connectivity index (χ4n) is 2.34. The molecular weight excluding hydrogens is 288 g/mol. The summed E-state index contributed by atoms with van der Waals surface area (Å²) in [6, 6.07) is 2.57. The van der Waals surface area contributed by atoms with Gasteiger partial charge in [-0.1, -0.05) is 6.92 Å². The van der Waals surface area contributed by atoms with Crippen LogP contribution < -0.4 is 5.32 Å². The van der Waals surface area contributed by atoms with Crippen molar-refractivity contribution in [3.05, 3.63) is 21.9 Å². The van der Waals surface area contributed by atoms with Crippen molar-refractivity contribution in [3.8, 4) is 0 Å². The van der Waals surface area contributed by atoms with Gasteiger partial charge in [-0.05, 0) is 48.3 Å². The Balaban J connectivity index is 1.70. The maximum absolute atomic E-state index is 12.2. The summed E-state index contributed by atoms with van der Waals surface area (Å²) in [4.78, 5) is 15.7. The first-order chi connectivity index (χ1) is 9.70. The fraction of sp³-hybridized carbons (Fsp3) is 0.667. The number of carbonyl (C=O) groups is 1. The van der Waals surface area contributed by atoms with Crippen molar-refractivity contribution in [2.45, 2.75) is 39.3 Å². The summed E-state index contributed by atoms with van der Waals surface area (Å²) < 4.78 is 0. The Bertz CT molecular complexity index is 433. The number of carbonyl (C=O) groups excluding carboxylic acids is 1. The van der Waals surface area contributed by atoms with E-state index in [-0.39, 0.29) is 5.91 Å². The van der Waals surface area contributed by atoms with Crippen molar-refractivity contribution in [2.75, 3.05) is 24.6 Å². The van der Waals surface area contributed by atoms with Gasteiger partial charge in [-0.15, -0.1) is 11.3 Å². The molecule has 1 N–H and O–H groups in total. The third-order valence-corrected chi connectivity index (χ3v) is 5.62. The first-order valence-electron chi connectivity index (χ1n) is 7.34. The third-order valence-electron chi connectivity index (χ3n) is 3.66. The van der Waals surface area contributed by atoms with E-state index in [0.29, 0.717) is 12.6 Å². The van der Waals surface area contributed by atoms with Crippen molar-refractivity contribution in [1.29, 1.82) is 0 Å². The molecule has 0 spiro atoms. The number of rotatable bonds is 7. The molecule has 0 radical (unpaired) electrons. The third kappa shape index (κ3) is 4.50. The number of thiophene rings is 1. The van der Waals surface area contributed by atoms with Gasteiger partial charge in [0, 0.05) is 24.0 Å². The zero-order chi connectivity index (χ0) is 14.4. The van der Waals surface area contributed by atoms with Gasteiger partial charge in [-0.2, -0.15) is 11.8 Å². The molecule has 0 aromatic carbocycles. The number of hydrogen-bond donors (Lipinski definition) is 1. The first kappa shape index (κ1) is 15.9. The van der Waals surface area contributed by atoms with Crippen LogP contribution in [0.25, 0.3) is 0 Å². The molecule has 20 heavy (non-hydrogen) atoms. The van der Waals surface area contributed by atoms with E-state index in [0.717, 1.165) is 25.9 Å². The minimum absolute atomic E-state index is 0.233.